The van der Waals surface area contributed by atoms with E-state index in [1.807, 2.05) is 6.07 Å². The number of alkyl halides is 2. The third-order valence-corrected chi connectivity index (χ3v) is 13.7. The average molecular weight is 874 g/mol. The highest BCUT2D eigenvalue weighted by molar-refractivity contribution is 7.86. The quantitative estimate of drug-likeness (QED) is 0.0445. The molecule has 0 amide bonds. The zero-order valence-electron chi connectivity index (χ0n) is 33.1. The van der Waals surface area contributed by atoms with E-state index < -0.39 is 51.4 Å². The fraction of sp³-hybridized carbons (Fsp3) is 0.273. The third kappa shape index (κ3) is 13.3. The van der Waals surface area contributed by atoms with E-state index in [-0.39, 0.29) is 46.8 Å². The molecule has 4 atom stereocenters. The number of hydrogen-bond donors (Lipinski definition) is 0. The Bertz CT molecular complexity index is 2480. The second-order valence-electron chi connectivity index (χ2n) is 13.5. The minimum absolute atomic E-state index is 0.0475. The van der Waals surface area contributed by atoms with Gasteiger partial charge in [-0.25, -0.2) is 8.42 Å². The standard InChI is InChI=1S/C16H22F2N4O7S.2C14H11S/c1-4-28-12(23)5-7-14(2,9-19)21-22-15(3,10-20)8-6-13(24)29-11-16(17,18)30(25,26)27;2*1-2-7-13(8-3-1)15-11-10-12-6-4-5-9-14(12)15/h4-8,11H2,1-3H3,(H,25,26,27);2*1-11H/q;2*+1/p-1. The molecular formula is C44H43F2N4O7S3+. The molecule has 6 rings (SSSR count). The Kier molecular flexibility index (Phi) is 16.7. The molecule has 4 aromatic carbocycles. The molecular weight excluding hydrogens is 831 g/mol. The van der Waals surface area contributed by atoms with Gasteiger partial charge in [-0.15, -0.1) is 0 Å². The fourth-order valence-corrected chi connectivity index (χ4v) is 9.34. The number of benzene rings is 4. The second kappa shape index (κ2) is 21.4. The molecule has 312 valence electrons. The van der Waals surface area contributed by atoms with Crippen molar-refractivity contribution in [3.05, 3.63) is 132 Å². The first kappa shape index (κ1) is 46.8. The number of halogens is 2. The van der Waals surface area contributed by atoms with Crippen LogP contribution in [0.5, 0.6) is 0 Å². The van der Waals surface area contributed by atoms with Crippen molar-refractivity contribution in [3.8, 4) is 21.9 Å². The van der Waals surface area contributed by atoms with Crippen molar-refractivity contribution < 1.29 is 40.8 Å². The number of carbonyl (C=O) groups excluding carboxylic acids is 2. The summed E-state index contributed by atoms with van der Waals surface area (Å²) in [7, 11) is -5.69. The Balaban J connectivity index is 0.000000217. The monoisotopic (exact) mass is 873 g/mol. The first-order valence-corrected chi connectivity index (χ1v) is 22.5. The summed E-state index contributed by atoms with van der Waals surface area (Å²) in [5, 5.41) is 28.6. The van der Waals surface area contributed by atoms with Gasteiger partial charge in [0.1, 0.15) is 10.8 Å². The van der Waals surface area contributed by atoms with Crippen LogP contribution in [0.2, 0.25) is 0 Å². The number of carbonyl (C=O) groups is 2. The van der Waals surface area contributed by atoms with Crippen LogP contribution in [0.3, 0.4) is 0 Å². The van der Waals surface area contributed by atoms with Crippen molar-refractivity contribution in [2.75, 3.05) is 13.2 Å². The van der Waals surface area contributed by atoms with E-state index >= 15 is 0 Å². The number of rotatable bonds is 14. The minimum Gasteiger partial charge on any atom is -0.743 e. The highest BCUT2D eigenvalue weighted by Gasteiger charge is 2.39. The van der Waals surface area contributed by atoms with E-state index in [0.717, 1.165) is 0 Å². The smallest absolute Gasteiger partial charge is 0.367 e. The highest BCUT2D eigenvalue weighted by Crippen LogP contribution is 2.40. The van der Waals surface area contributed by atoms with Crippen LogP contribution in [0.25, 0.3) is 30.0 Å². The van der Waals surface area contributed by atoms with Gasteiger partial charge in [-0.2, -0.15) is 29.5 Å². The Morgan fingerprint density at radius 3 is 1.43 bits per heavy atom. The van der Waals surface area contributed by atoms with Gasteiger partial charge in [0.2, 0.25) is 0 Å². The van der Waals surface area contributed by atoms with Crippen LogP contribution in [0.1, 0.15) is 46.5 Å². The minimum atomic E-state index is -6.00. The van der Waals surface area contributed by atoms with Gasteiger partial charge in [-0.05, 0) is 82.1 Å². The second-order valence-corrected chi connectivity index (χ2v) is 18.7. The van der Waals surface area contributed by atoms with Crippen LogP contribution in [-0.2, 0) is 29.2 Å². The van der Waals surface area contributed by atoms with Gasteiger partial charge in [0.25, 0.3) is 0 Å². The van der Waals surface area contributed by atoms with E-state index in [0.29, 0.717) is 0 Å². The van der Waals surface area contributed by atoms with Crippen molar-refractivity contribution >= 4 is 63.2 Å². The van der Waals surface area contributed by atoms with Gasteiger partial charge in [-0.3, -0.25) is 9.59 Å². The van der Waals surface area contributed by atoms with Crippen LogP contribution < -0.4 is 0 Å². The Morgan fingerprint density at radius 1 is 0.667 bits per heavy atom. The van der Waals surface area contributed by atoms with Gasteiger partial charge in [0.15, 0.2) is 47.0 Å². The first-order valence-electron chi connectivity index (χ1n) is 18.6. The van der Waals surface area contributed by atoms with E-state index in [1.165, 1.54) is 43.8 Å². The molecule has 0 N–H and O–H groups in total. The van der Waals surface area contributed by atoms with Crippen molar-refractivity contribution in [2.45, 2.75) is 62.8 Å². The lowest BCUT2D eigenvalue weighted by atomic mass is 9.97. The number of azo groups is 1. The van der Waals surface area contributed by atoms with E-state index in [2.05, 4.69) is 147 Å². The maximum Gasteiger partial charge on any atom is 0.367 e. The number of nitrogens with zero attached hydrogens (tertiary/aromatic N) is 4. The molecule has 0 saturated carbocycles. The van der Waals surface area contributed by atoms with Crippen molar-refractivity contribution in [2.24, 2.45) is 10.2 Å². The number of esters is 2. The lowest BCUT2D eigenvalue weighted by molar-refractivity contribution is -0.150. The average Bonchev–Trinajstić information content (AvgIpc) is 3.90. The molecule has 0 spiro atoms. The van der Waals surface area contributed by atoms with Crippen LogP contribution in [-0.4, -0.2) is 54.5 Å². The summed E-state index contributed by atoms with van der Waals surface area (Å²) >= 11 is 0. The molecule has 0 bridgehead atoms. The SMILES string of the molecule is CCOC(=O)CCC(C)(C#N)N=NC(C)(C#N)CCC(=O)OCC(F)(F)S(=O)(=O)[O-].c1ccc(-[s+]2ccc3ccccc32)cc1.c1ccc(-[s+]2ccc3ccccc32)cc1. The van der Waals surface area contributed by atoms with Gasteiger partial charge in [0.05, 0.1) is 18.7 Å². The lowest BCUT2D eigenvalue weighted by Gasteiger charge is -2.20. The number of thiophene rings is 2. The van der Waals surface area contributed by atoms with Crippen LogP contribution in [0, 0.1) is 22.7 Å². The number of nitriles is 2. The van der Waals surface area contributed by atoms with Gasteiger partial charge >= 0.3 is 17.2 Å². The molecule has 0 saturated heterocycles. The third-order valence-electron chi connectivity index (χ3n) is 8.75. The summed E-state index contributed by atoms with van der Waals surface area (Å²) in [6.07, 6.45) is -1.15. The summed E-state index contributed by atoms with van der Waals surface area (Å²) in [6, 6.07) is 46.7. The summed E-state index contributed by atoms with van der Waals surface area (Å²) in [5.41, 5.74) is -3.11. The van der Waals surface area contributed by atoms with Crippen LogP contribution >= 0.6 is 20.9 Å². The van der Waals surface area contributed by atoms with Gasteiger partial charge in [-0.1, -0.05) is 60.7 Å². The molecule has 2 aromatic heterocycles. The molecule has 0 aliphatic carbocycles. The maximum absolute atomic E-state index is 13.0. The van der Waals surface area contributed by atoms with Crippen LogP contribution in [0.4, 0.5) is 8.78 Å². The first-order chi connectivity index (χ1) is 28.5. The molecule has 0 fully saturated rings. The van der Waals surface area contributed by atoms with Crippen molar-refractivity contribution in [3.63, 3.8) is 0 Å². The Morgan fingerprint density at radius 2 is 1.05 bits per heavy atom. The molecule has 4 unspecified atom stereocenters. The van der Waals surface area contributed by atoms with E-state index in [1.54, 1.807) is 13.0 Å². The molecule has 0 aliphatic rings. The summed E-state index contributed by atoms with van der Waals surface area (Å²) in [4.78, 5) is 25.8. The largest absolute Gasteiger partial charge is 0.743 e. The van der Waals surface area contributed by atoms with Crippen molar-refractivity contribution in [1.82, 2.24) is 0 Å². The zero-order chi connectivity index (χ0) is 43.8. The summed E-state index contributed by atoms with van der Waals surface area (Å²) in [6.45, 7) is 2.45. The molecule has 16 heteroatoms. The van der Waals surface area contributed by atoms with Crippen LogP contribution in [0.15, 0.2) is 142 Å². The van der Waals surface area contributed by atoms with E-state index in [9.17, 15) is 41.9 Å². The molecule has 60 heavy (non-hydrogen) atoms. The van der Waals surface area contributed by atoms with Gasteiger partial charge in [0, 0.05) is 56.7 Å². The predicted octanol–water partition coefficient (Wildman–Crippen LogP) is 11.0. The summed E-state index contributed by atoms with van der Waals surface area (Å²) < 4.78 is 68.7. The number of fused-ring (bicyclic) bond motifs is 2. The summed E-state index contributed by atoms with van der Waals surface area (Å²) in [5.74, 6) is -1.84. The predicted molar refractivity (Wildman–Crippen MR) is 229 cm³/mol. The maximum atomic E-state index is 13.0. The Labute approximate surface area is 353 Å². The molecule has 11 nitrogen and oxygen atoms in total. The molecule has 6 aromatic rings. The van der Waals surface area contributed by atoms with E-state index in [4.69, 9.17) is 4.74 Å². The van der Waals surface area contributed by atoms with Crippen molar-refractivity contribution in [1.29, 1.82) is 10.5 Å². The highest BCUT2D eigenvalue weighted by atomic mass is 32.2. The topological polar surface area (TPSA) is 182 Å². The zero-order valence-corrected chi connectivity index (χ0v) is 35.5. The Hall–Kier alpha value is -5.91. The molecule has 0 radical (unpaired) electrons. The number of ether oxygens (including phenoxy) is 2. The lowest BCUT2D eigenvalue weighted by Crippen LogP contribution is -2.35. The fourth-order valence-electron chi connectivity index (χ4n) is 5.32. The number of hydrogen-bond acceptors (Lipinski definition) is 11. The molecule has 2 heterocycles. The normalized spacial score (nSPS) is 13.9. The van der Waals surface area contributed by atoms with Gasteiger partial charge < -0.3 is 14.0 Å². The molecule has 0 aliphatic heterocycles.